The first-order chi connectivity index (χ1) is 12.8. The summed E-state index contributed by atoms with van der Waals surface area (Å²) in [6.07, 6.45) is 8.06. The number of hydrazone groups is 1. The summed E-state index contributed by atoms with van der Waals surface area (Å²) in [5, 5.41) is 5.51. The van der Waals surface area contributed by atoms with Crippen LogP contribution >= 0.6 is 27.3 Å². The maximum absolute atomic E-state index is 5.42. The van der Waals surface area contributed by atoms with E-state index < -0.39 is 0 Å². The number of aryl methyl sites for hydroxylation is 2. The number of nitrogens with one attached hydrogen (secondary N) is 1. The van der Waals surface area contributed by atoms with E-state index in [0.29, 0.717) is 0 Å². The zero-order chi connectivity index (χ0) is 17.5. The molecule has 1 aliphatic carbocycles. The lowest BCUT2D eigenvalue weighted by Crippen LogP contribution is -2.01. The third-order valence-corrected chi connectivity index (χ3v) is 6.50. The van der Waals surface area contributed by atoms with Gasteiger partial charge in [-0.25, -0.2) is 9.97 Å². The van der Waals surface area contributed by atoms with Crippen LogP contribution in [0.3, 0.4) is 0 Å². The second-order valence-corrected chi connectivity index (χ2v) is 8.15. The lowest BCUT2D eigenvalue weighted by atomic mass is 9.97. The lowest BCUT2D eigenvalue weighted by molar-refractivity contribution is 0.174. The number of anilines is 1. The molecule has 0 saturated heterocycles. The zero-order valence-electron chi connectivity index (χ0n) is 13.8. The Morgan fingerprint density at radius 3 is 2.92 bits per heavy atom. The second kappa shape index (κ2) is 6.51. The van der Waals surface area contributed by atoms with E-state index in [1.807, 2.05) is 12.1 Å². The number of fused-ring (bicyclic) bond motifs is 4. The average molecular weight is 431 g/mol. The third kappa shape index (κ3) is 2.73. The first-order valence-corrected chi connectivity index (χ1v) is 10.0. The molecular weight excluding hydrogens is 416 g/mol. The Kier molecular flexibility index (Phi) is 4.01. The summed E-state index contributed by atoms with van der Waals surface area (Å²) < 4.78 is 11.7. The summed E-state index contributed by atoms with van der Waals surface area (Å²) in [6.45, 7) is 0.253. The van der Waals surface area contributed by atoms with Gasteiger partial charge in [-0.15, -0.1) is 11.3 Å². The van der Waals surface area contributed by atoms with Crippen LogP contribution in [0.15, 0.2) is 28.0 Å². The van der Waals surface area contributed by atoms with Crippen molar-refractivity contribution in [1.82, 2.24) is 9.97 Å². The Bertz CT molecular complexity index is 1030. The fraction of sp³-hybridized carbons (Fsp3) is 0.278. The summed E-state index contributed by atoms with van der Waals surface area (Å²) in [7, 11) is 0. The summed E-state index contributed by atoms with van der Waals surface area (Å²) in [5.74, 6) is 2.23. The molecular formula is C18H15BrN4O2S. The zero-order valence-corrected chi connectivity index (χ0v) is 16.2. The molecule has 1 N–H and O–H groups in total. The lowest BCUT2D eigenvalue weighted by Gasteiger charge is -2.11. The van der Waals surface area contributed by atoms with Crippen molar-refractivity contribution in [1.29, 1.82) is 0 Å². The number of hydrogen-bond donors (Lipinski definition) is 1. The number of benzene rings is 1. The minimum absolute atomic E-state index is 0.253. The summed E-state index contributed by atoms with van der Waals surface area (Å²) >= 11 is 5.32. The predicted octanol–water partition coefficient (Wildman–Crippen LogP) is 4.51. The first kappa shape index (κ1) is 16.0. The van der Waals surface area contributed by atoms with Crippen LogP contribution in [0.4, 0.5) is 5.82 Å². The normalized spacial score (nSPS) is 15.6. The van der Waals surface area contributed by atoms with E-state index in [2.05, 4.69) is 36.4 Å². The molecule has 0 unspecified atom stereocenters. The number of thiophene rings is 1. The molecule has 26 heavy (non-hydrogen) atoms. The summed E-state index contributed by atoms with van der Waals surface area (Å²) in [6, 6.07) is 3.79. The highest BCUT2D eigenvalue weighted by atomic mass is 79.9. The molecule has 6 nitrogen and oxygen atoms in total. The van der Waals surface area contributed by atoms with Crippen molar-refractivity contribution in [3.05, 3.63) is 38.9 Å². The van der Waals surface area contributed by atoms with E-state index in [0.717, 1.165) is 50.4 Å². The van der Waals surface area contributed by atoms with Gasteiger partial charge in [0.15, 0.2) is 17.3 Å². The van der Waals surface area contributed by atoms with Gasteiger partial charge in [0.05, 0.1) is 11.6 Å². The van der Waals surface area contributed by atoms with Gasteiger partial charge in [-0.05, 0) is 59.3 Å². The van der Waals surface area contributed by atoms with Gasteiger partial charge in [0.1, 0.15) is 11.2 Å². The number of nitrogens with zero attached hydrogens (tertiary/aromatic N) is 3. The van der Waals surface area contributed by atoms with Crippen LogP contribution in [-0.4, -0.2) is 23.0 Å². The summed E-state index contributed by atoms with van der Waals surface area (Å²) in [5.41, 5.74) is 5.39. The van der Waals surface area contributed by atoms with E-state index in [1.165, 1.54) is 23.3 Å². The minimum atomic E-state index is 0.253. The van der Waals surface area contributed by atoms with Gasteiger partial charge >= 0.3 is 0 Å². The molecule has 0 bridgehead atoms. The van der Waals surface area contributed by atoms with E-state index in [-0.39, 0.29) is 6.79 Å². The highest BCUT2D eigenvalue weighted by Crippen LogP contribution is 2.38. The number of rotatable bonds is 3. The van der Waals surface area contributed by atoms with Crippen LogP contribution < -0.4 is 14.9 Å². The van der Waals surface area contributed by atoms with E-state index in [1.54, 1.807) is 23.9 Å². The third-order valence-electron chi connectivity index (χ3n) is 4.62. The molecule has 0 fully saturated rings. The van der Waals surface area contributed by atoms with Crippen LogP contribution in [0.25, 0.3) is 10.2 Å². The Labute approximate surface area is 162 Å². The van der Waals surface area contributed by atoms with Crippen LogP contribution in [0.1, 0.15) is 28.8 Å². The highest BCUT2D eigenvalue weighted by Gasteiger charge is 2.20. The second-order valence-electron chi connectivity index (χ2n) is 6.21. The van der Waals surface area contributed by atoms with Crippen LogP contribution in [0.2, 0.25) is 0 Å². The fourth-order valence-corrected chi connectivity index (χ4v) is 5.02. The molecule has 1 aromatic carbocycles. The number of aromatic nitrogens is 2. The van der Waals surface area contributed by atoms with Gasteiger partial charge < -0.3 is 9.47 Å². The van der Waals surface area contributed by atoms with Gasteiger partial charge in [0.25, 0.3) is 0 Å². The van der Waals surface area contributed by atoms with Gasteiger partial charge in [0.2, 0.25) is 6.79 Å². The van der Waals surface area contributed by atoms with E-state index >= 15 is 0 Å². The minimum Gasteiger partial charge on any atom is -0.454 e. The van der Waals surface area contributed by atoms with Crippen LogP contribution in [0.5, 0.6) is 11.5 Å². The van der Waals surface area contributed by atoms with E-state index in [4.69, 9.17) is 9.47 Å². The molecule has 2 aromatic heterocycles. The van der Waals surface area contributed by atoms with Gasteiger partial charge in [-0.1, -0.05) is 0 Å². The van der Waals surface area contributed by atoms with Crippen molar-refractivity contribution >= 4 is 49.5 Å². The van der Waals surface area contributed by atoms with Gasteiger partial charge in [-0.2, -0.15) is 5.10 Å². The van der Waals surface area contributed by atoms with Crippen molar-refractivity contribution in [2.75, 3.05) is 12.2 Å². The molecule has 3 aromatic rings. The standard InChI is InChI=1S/C18H15BrN4O2S/c19-12-6-14-13(24-9-25-14)5-10(12)7-22-23-17-16-11-3-1-2-4-15(11)26-18(16)21-8-20-17/h5-8H,1-4,9H2,(H,20,21,23)/b22-7+. The Morgan fingerprint density at radius 2 is 2.00 bits per heavy atom. The fourth-order valence-electron chi connectivity index (χ4n) is 3.37. The van der Waals surface area contributed by atoms with Crippen molar-refractivity contribution in [3.63, 3.8) is 0 Å². The molecule has 132 valence electrons. The number of halogens is 1. The molecule has 2 aliphatic rings. The van der Waals surface area contributed by atoms with Gasteiger partial charge in [0, 0.05) is 14.9 Å². The molecule has 8 heteroatoms. The van der Waals surface area contributed by atoms with E-state index in [9.17, 15) is 0 Å². The number of hydrogen-bond acceptors (Lipinski definition) is 7. The Hall–Kier alpha value is -2.19. The maximum atomic E-state index is 5.42. The Morgan fingerprint density at radius 1 is 1.15 bits per heavy atom. The molecule has 0 atom stereocenters. The van der Waals surface area contributed by atoms with Crippen molar-refractivity contribution in [3.8, 4) is 11.5 Å². The number of ether oxygens (including phenoxy) is 2. The average Bonchev–Trinajstić information content (AvgIpc) is 3.25. The van der Waals surface area contributed by atoms with Crippen molar-refractivity contribution < 1.29 is 9.47 Å². The topological polar surface area (TPSA) is 68.6 Å². The smallest absolute Gasteiger partial charge is 0.231 e. The molecule has 1 aliphatic heterocycles. The molecule has 0 saturated carbocycles. The monoisotopic (exact) mass is 430 g/mol. The Balaban J connectivity index is 1.45. The SMILES string of the molecule is Brc1cc2c(cc1/C=N/Nc1ncnc3sc4c(c13)CCCC4)OCO2. The van der Waals surface area contributed by atoms with Crippen molar-refractivity contribution in [2.24, 2.45) is 5.10 Å². The highest BCUT2D eigenvalue weighted by molar-refractivity contribution is 9.10. The van der Waals surface area contributed by atoms with Crippen LogP contribution in [-0.2, 0) is 12.8 Å². The van der Waals surface area contributed by atoms with Crippen molar-refractivity contribution in [2.45, 2.75) is 25.7 Å². The largest absolute Gasteiger partial charge is 0.454 e. The maximum Gasteiger partial charge on any atom is 0.231 e. The predicted molar refractivity (Wildman–Crippen MR) is 106 cm³/mol. The molecule has 0 spiro atoms. The first-order valence-electron chi connectivity index (χ1n) is 8.43. The van der Waals surface area contributed by atoms with Gasteiger partial charge in [-0.3, -0.25) is 5.43 Å². The summed E-state index contributed by atoms with van der Waals surface area (Å²) in [4.78, 5) is 11.3. The van der Waals surface area contributed by atoms with Crippen LogP contribution in [0, 0.1) is 0 Å². The quantitative estimate of drug-likeness (QED) is 0.488. The molecule has 0 radical (unpaired) electrons. The molecule has 0 amide bonds. The molecule has 3 heterocycles. The molecule has 5 rings (SSSR count).